The van der Waals surface area contributed by atoms with E-state index in [0.717, 1.165) is 17.4 Å². The van der Waals surface area contributed by atoms with E-state index in [1.54, 1.807) is 39.1 Å². The predicted molar refractivity (Wildman–Crippen MR) is 158 cm³/mol. The number of alkyl carbamates (subject to hydrolysis) is 1. The second kappa shape index (κ2) is 14.8. The lowest BCUT2D eigenvalue weighted by Crippen LogP contribution is -2.43. The maximum Gasteiger partial charge on any atom is 0.419 e. The van der Waals surface area contributed by atoms with Crippen LogP contribution in [0.2, 0.25) is 0 Å². The zero-order chi connectivity index (χ0) is 30.7. The Hall–Kier alpha value is -4.74. The molecule has 0 spiro atoms. The molecule has 1 aromatic heterocycles. The standard InChI is InChI=1S/C30H38N6O6/c1-5-6-15-23(27(37)38)32-26(34-35-31)24(33-28(39)41-19-20-12-8-7-9-13-20)17-21-18-36(29(40)42-30(2,3)4)25-16-11-10-14-22(21)25/h7-14,16,18,23-24H,5-6,15,17,19H2,1-4H3,(H,33,39)(H,37,38)(H2,31,32,34)/t23-,24-/m0/s1. The Morgan fingerprint density at radius 3 is 2.40 bits per heavy atom. The van der Waals surface area contributed by atoms with Gasteiger partial charge in [0.15, 0.2) is 5.84 Å². The van der Waals surface area contributed by atoms with E-state index < -0.39 is 35.8 Å². The molecule has 1 amide bonds. The number of unbranched alkanes of at least 4 members (excludes halogenated alkanes) is 1. The highest BCUT2D eigenvalue weighted by Crippen LogP contribution is 2.25. The van der Waals surface area contributed by atoms with Gasteiger partial charge < -0.3 is 25.7 Å². The minimum Gasteiger partial charge on any atom is -0.480 e. The number of hydrogen-bond donors (Lipinski definition) is 3. The van der Waals surface area contributed by atoms with E-state index in [4.69, 9.17) is 15.3 Å². The van der Waals surface area contributed by atoms with Crippen LogP contribution in [0.3, 0.4) is 0 Å². The van der Waals surface area contributed by atoms with Crippen molar-refractivity contribution in [3.63, 3.8) is 0 Å². The maximum absolute atomic E-state index is 13.0. The highest BCUT2D eigenvalue weighted by atomic mass is 16.6. The number of fused-ring (bicyclic) bond motifs is 1. The quantitative estimate of drug-likeness (QED) is 0.0870. The molecular formula is C30H38N6O6. The summed E-state index contributed by atoms with van der Waals surface area (Å²) in [6.07, 6.45) is 1.98. The van der Waals surface area contributed by atoms with Crippen LogP contribution >= 0.6 is 0 Å². The molecule has 0 radical (unpaired) electrons. The Labute approximate surface area is 244 Å². The number of benzene rings is 2. The third-order valence-corrected chi connectivity index (χ3v) is 6.19. The first kappa shape index (κ1) is 31.8. The van der Waals surface area contributed by atoms with Crippen LogP contribution in [-0.4, -0.2) is 51.3 Å². The van der Waals surface area contributed by atoms with E-state index in [9.17, 15) is 19.5 Å². The second-order valence-corrected chi connectivity index (χ2v) is 10.7. The number of carbonyl (C=O) groups is 3. The van der Waals surface area contributed by atoms with Crippen LogP contribution in [0.25, 0.3) is 10.9 Å². The monoisotopic (exact) mass is 578 g/mol. The number of rotatable bonds is 11. The summed E-state index contributed by atoms with van der Waals surface area (Å²) in [6.45, 7) is 7.27. The summed E-state index contributed by atoms with van der Waals surface area (Å²) in [5, 5.41) is 20.5. The largest absolute Gasteiger partial charge is 0.480 e. The summed E-state index contributed by atoms with van der Waals surface area (Å²) >= 11 is 0. The van der Waals surface area contributed by atoms with Crippen molar-refractivity contribution in [3.8, 4) is 0 Å². The molecule has 0 fully saturated rings. The van der Waals surface area contributed by atoms with Gasteiger partial charge in [0.25, 0.3) is 0 Å². The number of nitrogens with zero attached hydrogens (tertiary/aromatic N) is 4. The average molecular weight is 579 g/mol. The number of aromatic nitrogens is 1. The molecule has 2 atom stereocenters. The lowest BCUT2D eigenvalue weighted by atomic mass is 10.0. The predicted octanol–water partition coefficient (Wildman–Crippen LogP) is 5.63. The molecule has 4 N–H and O–H groups in total. The van der Waals surface area contributed by atoms with Crippen LogP contribution in [0.4, 0.5) is 9.59 Å². The fraction of sp³-hybridized carbons (Fsp3) is 0.400. The Kier molecular flexibility index (Phi) is 11.2. The van der Waals surface area contributed by atoms with Crippen LogP contribution in [0, 0.1) is 0 Å². The van der Waals surface area contributed by atoms with Gasteiger partial charge in [0.05, 0.1) is 11.6 Å². The van der Waals surface area contributed by atoms with Gasteiger partial charge in [0, 0.05) is 18.0 Å². The van der Waals surface area contributed by atoms with Gasteiger partial charge in [-0.1, -0.05) is 73.5 Å². The number of carbonyl (C=O) groups excluding carboxylic acids is 2. The van der Waals surface area contributed by atoms with Crippen LogP contribution < -0.4 is 11.2 Å². The van der Waals surface area contributed by atoms with Gasteiger partial charge in [-0.2, -0.15) is 0 Å². The molecule has 224 valence electrons. The first-order chi connectivity index (χ1) is 20.0. The van der Waals surface area contributed by atoms with E-state index in [2.05, 4.69) is 20.6 Å². The second-order valence-electron chi connectivity index (χ2n) is 10.7. The number of carboxylic acids is 1. The minimum atomic E-state index is -1.14. The fourth-order valence-corrected chi connectivity index (χ4v) is 4.25. The van der Waals surface area contributed by atoms with Crippen LogP contribution in [0.15, 0.2) is 76.1 Å². The third kappa shape index (κ3) is 9.15. The maximum atomic E-state index is 13.0. The van der Waals surface area contributed by atoms with Crippen LogP contribution in [0.5, 0.6) is 0 Å². The van der Waals surface area contributed by atoms with Crippen molar-refractivity contribution >= 4 is 34.9 Å². The number of nitrogens with two attached hydrogens (primary N) is 1. The fourth-order valence-electron chi connectivity index (χ4n) is 4.25. The molecule has 0 aliphatic carbocycles. The van der Waals surface area contributed by atoms with Gasteiger partial charge in [-0.15, -0.1) is 5.11 Å². The topological polar surface area (TPSA) is 170 Å². The first-order valence-electron chi connectivity index (χ1n) is 13.7. The van der Waals surface area contributed by atoms with E-state index >= 15 is 0 Å². The molecule has 0 bridgehead atoms. The Bertz CT molecular complexity index is 1430. The molecule has 0 saturated heterocycles. The minimum absolute atomic E-state index is 0.0104. The number of para-hydroxylation sites is 1. The van der Waals surface area contributed by atoms with Gasteiger partial charge in [0.2, 0.25) is 0 Å². The highest BCUT2D eigenvalue weighted by Gasteiger charge is 2.27. The molecule has 0 aliphatic rings. The molecule has 0 saturated carbocycles. The van der Waals surface area contributed by atoms with E-state index in [-0.39, 0.29) is 25.3 Å². The van der Waals surface area contributed by atoms with Gasteiger partial charge in [0.1, 0.15) is 18.2 Å². The summed E-state index contributed by atoms with van der Waals surface area (Å²) in [4.78, 5) is 42.4. The molecule has 1 heterocycles. The number of amides is 1. The number of carboxylic acid groups (broad SMARTS) is 1. The van der Waals surface area contributed by atoms with Crippen LogP contribution in [0.1, 0.15) is 58.1 Å². The SMILES string of the molecule is CCCC[C@H](N=C(N=NN)[C@H](Cc1cn(C(=O)OC(C)(C)C)c2ccccc12)NC(=O)OCc1ccccc1)C(=O)O. The number of nitrogens with one attached hydrogen (secondary N) is 1. The van der Waals surface area contributed by atoms with Crippen molar-refractivity contribution in [1.29, 1.82) is 0 Å². The zero-order valence-corrected chi connectivity index (χ0v) is 24.3. The summed E-state index contributed by atoms with van der Waals surface area (Å²) in [5.41, 5.74) is 1.30. The van der Waals surface area contributed by atoms with Crippen molar-refractivity contribution in [2.45, 2.75) is 77.7 Å². The summed E-state index contributed by atoms with van der Waals surface area (Å²) < 4.78 is 12.4. The molecular weight excluding hydrogens is 540 g/mol. The number of amidine groups is 1. The van der Waals surface area contributed by atoms with E-state index in [1.807, 2.05) is 49.4 Å². The smallest absolute Gasteiger partial charge is 0.419 e. The molecule has 0 aliphatic heterocycles. The number of ether oxygens (including phenoxy) is 2. The van der Waals surface area contributed by atoms with E-state index in [0.29, 0.717) is 17.5 Å². The highest BCUT2D eigenvalue weighted by molar-refractivity contribution is 5.95. The summed E-state index contributed by atoms with van der Waals surface area (Å²) in [6, 6.07) is 14.2. The molecule has 3 aromatic rings. The zero-order valence-electron chi connectivity index (χ0n) is 24.3. The lowest BCUT2D eigenvalue weighted by Gasteiger charge is -2.20. The summed E-state index contributed by atoms with van der Waals surface area (Å²) in [5.74, 6) is 4.16. The molecule has 2 aromatic carbocycles. The van der Waals surface area contributed by atoms with Gasteiger partial charge in [-0.05, 0) is 44.4 Å². The summed E-state index contributed by atoms with van der Waals surface area (Å²) in [7, 11) is 0. The van der Waals surface area contributed by atoms with Crippen molar-refractivity contribution < 1.29 is 29.0 Å². The van der Waals surface area contributed by atoms with Gasteiger partial charge in [-0.3, -0.25) is 9.56 Å². The first-order valence-corrected chi connectivity index (χ1v) is 13.7. The Morgan fingerprint density at radius 2 is 1.76 bits per heavy atom. The number of aliphatic imine (C=N–C) groups is 1. The lowest BCUT2D eigenvalue weighted by molar-refractivity contribution is -0.138. The van der Waals surface area contributed by atoms with E-state index in [1.165, 1.54) is 4.57 Å². The molecule has 12 nitrogen and oxygen atoms in total. The molecule has 42 heavy (non-hydrogen) atoms. The average Bonchev–Trinajstić information content (AvgIpc) is 3.31. The van der Waals surface area contributed by atoms with Crippen LogP contribution in [-0.2, 0) is 27.3 Å². The molecule has 12 heteroatoms. The molecule has 0 unspecified atom stereocenters. The van der Waals surface area contributed by atoms with Gasteiger partial charge >= 0.3 is 18.2 Å². The number of aliphatic carboxylic acids is 1. The van der Waals surface area contributed by atoms with Gasteiger partial charge in [-0.25, -0.2) is 14.4 Å². The normalized spacial score (nSPS) is 13.6. The third-order valence-electron chi connectivity index (χ3n) is 6.19. The Morgan fingerprint density at radius 1 is 1.07 bits per heavy atom. The Balaban J connectivity index is 2.01. The van der Waals surface area contributed by atoms with Crippen molar-refractivity contribution in [3.05, 3.63) is 71.9 Å². The van der Waals surface area contributed by atoms with Crippen molar-refractivity contribution in [1.82, 2.24) is 9.88 Å². The van der Waals surface area contributed by atoms with Crippen molar-refractivity contribution in [2.75, 3.05) is 0 Å². The molecule has 3 rings (SSSR count). The van der Waals surface area contributed by atoms with Crippen molar-refractivity contribution in [2.24, 2.45) is 21.2 Å². The number of hydrogen-bond acceptors (Lipinski definition) is 7.